The Morgan fingerprint density at radius 2 is 1.33 bits per heavy atom. The zero-order valence-corrected chi connectivity index (χ0v) is 11.8. The van der Waals surface area contributed by atoms with Crippen LogP contribution in [0.4, 0.5) is 11.6 Å². The van der Waals surface area contributed by atoms with Gasteiger partial charge in [-0.25, -0.2) is 9.97 Å². The molecule has 3 rings (SSSR count). The molecule has 0 spiro atoms. The lowest BCUT2D eigenvalue weighted by Gasteiger charge is -2.28. The number of aromatic nitrogens is 2. The molecule has 0 N–H and O–H groups in total. The van der Waals surface area contributed by atoms with Crippen LogP contribution in [-0.4, -0.2) is 9.97 Å². The third kappa shape index (κ3) is 2.92. The van der Waals surface area contributed by atoms with Gasteiger partial charge in [-0.3, -0.25) is 4.90 Å². The predicted molar refractivity (Wildman–Crippen MR) is 85.1 cm³/mol. The molecule has 3 heteroatoms. The van der Waals surface area contributed by atoms with E-state index in [1.54, 1.807) is 12.4 Å². The maximum atomic E-state index is 4.40. The molecule has 0 amide bonds. The highest BCUT2D eigenvalue weighted by Crippen LogP contribution is 2.31. The fourth-order valence-electron chi connectivity index (χ4n) is 2.25. The Morgan fingerprint density at radius 3 is 1.95 bits per heavy atom. The fourth-order valence-corrected chi connectivity index (χ4v) is 2.25. The molecule has 0 aliphatic heterocycles. The Balaban J connectivity index is 2.05. The van der Waals surface area contributed by atoms with Crippen molar-refractivity contribution >= 4 is 11.6 Å². The van der Waals surface area contributed by atoms with Crippen LogP contribution in [-0.2, 0) is 0 Å². The molecular formula is C18H16N3. The van der Waals surface area contributed by atoms with Crippen molar-refractivity contribution < 1.29 is 0 Å². The Kier molecular flexibility index (Phi) is 3.92. The lowest BCUT2D eigenvalue weighted by molar-refractivity contribution is 0.940. The zero-order valence-electron chi connectivity index (χ0n) is 11.8. The number of rotatable bonds is 4. The molecule has 3 aromatic rings. The molecule has 0 aliphatic rings. The van der Waals surface area contributed by atoms with Crippen LogP contribution in [0.1, 0.15) is 12.5 Å². The summed E-state index contributed by atoms with van der Waals surface area (Å²) >= 11 is 0. The summed E-state index contributed by atoms with van der Waals surface area (Å²) in [5, 5.41) is 0. The van der Waals surface area contributed by atoms with E-state index in [1.165, 1.54) is 0 Å². The van der Waals surface area contributed by atoms with Gasteiger partial charge < -0.3 is 0 Å². The third-order valence-corrected chi connectivity index (χ3v) is 3.29. The van der Waals surface area contributed by atoms with E-state index >= 15 is 0 Å². The van der Waals surface area contributed by atoms with Crippen LogP contribution in [0.5, 0.6) is 0 Å². The summed E-state index contributed by atoms with van der Waals surface area (Å²) in [4.78, 5) is 10.9. The van der Waals surface area contributed by atoms with Crippen LogP contribution < -0.4 is 4.90 Å². The van der Waals surface area contributed by atoms with Gasteiger partial charge in [0.25, 0.3) is 0 Å². The van der Waals surface area contributed by atoms with Crippen molar-refractivity contribution in [3.8, 4) is 0 Å². The average molecular weight is 274 g/mol. The van der Waals surface area contributed by atoms with Gasteiger partial charge in [-0.1, -0.05) is 48.5 Å². The highest BCUT2D eigenvalue weighted by atomic mass is 15.3. The molecule has 2 aromatic carbocycles. The summed E-state index contributed by atoms with van der Waals surface area (Å²) in [5.41, 5.74) is 2.19. The minimum atomic E-state index is 0.671. The van der Waals surface area contributed by atoms with Gasteiger partial charge >= 0.3 is 0 Å². The molecule has 0 unspecified atom stereocenters. The van der Waals surface area contributed by atoms with Gasteiger partial charge in [0.05, 0.1) is 6.04 Å². The topological polar surface area (TPSA) is 29.0 Å². The SMILES string of the molecule is C[C](c1ccccc1)N(c1ccccc1)c1ncccn1. The normalized spacial score (nSPS) is 10.6. The minimum Gasteiger partial charge on any atom is -0.298 e. The molecular weight excluding hydrogens is 258 g/mol. The van der Waals surface area contributed by atoms with Gasteiger partial charge in [-0.15, -0.1) is 0 Å². The number of nitrogens with zero attached hydrogens (tertiary/aromatic N) is 3. The van der Waals surface area contributed by atoms with Crippen molar-refractivity contribution in [2.24, 2.45) is 0 Å². The Bertz CT molecular complexity index is 629. The maximum Gasteiger partial charge on any atom is 0.230 e. The van der Waals surface area contributed by atoms with Crippen LogP contribution in [0.3, 0.4) is 0 Å². The van der Waals surface area contributed by atoms with Crippen molar-refractivity contribution in [2.75, 3.05) is 4.90 Å². The number of benzene rings is 2. The van der Waals surface area contributed by atoms with E-state index in [9.17, 15) is 0 Å². The van der Waals surface area contributed by atoms with Crippen molar-refractivity contribution in [1.29, 1.82) is 0 Å². The highest BCUT2D eigenvalue weighted by Gasteiger charge is 2.21. The standard InChI is InChI=1S/C18H16N3/c1-15(16-9-4-2-5-10-16)21(17-11-6-3-7-12-17)18-19-13-8-14-20-18/h2-14H,1H3. The average Bonchev–Trinajstić information content (AvgIpc) is 2.58. The molecule has 0 fully saturated rings. The summed E-state index contributed by atoms with van der Waals surface area (Å²) < 4.78 is 0. The van der Waals surface area contributed by atoms with E-state index in [-0.39, 0.29) is 0 Å². The zero-order chi connectivity index (χ0) is 14.5. The molecule has 1 aromatic heterocycles. The van der Waals surface area contributed by atoms with Gasteiger partial charge in [0.1, 0.15) is 0 Å². The van der Waals surface area contributed by atoms with Crippen LogP contribution >= 0.6 is 0 Å². The second kappa shape index (κ2) is 6.18. The molecule has 1 heterocycles. The van der Waals surface area contributed by atoms with Crippen LogP contribution in [0.2, 0.25) is 0 Å². The van der Waals surface area contributed by atoms with Crippen molar-refractivity contribution in [2.45, 2.75) is 6.92 Å². The Morgan fingerprint density at radius 1 is 0.762 bits per heavy atom. The lowest BCUT2D eigenvalue weighted by Crippen LogP contribution is -2.24. The van der Waals surface area contributed by atoms with E-state index in [1.807, 2.05) is 42.5 Å². The number of hydrogen-bond acceptors (Lipinski definition) is 3. The van der Waals surface area contributed by atoms with Crippen LogP contribution in [0, 0.1) is 6.04 Å². The molecule has 1 radical (unpaired) electrons. The Hall–Kier alpha value is -2.68. The first-order valence-electron chi connectivity index (χ1n) is 6.87. The molecule has 3 nitrogen and oxygen atoms in total. The van der Waals surface area contributed by atoms with Gasteiger partial charge in [-0.2, -0.15) is 0 Å². The lowest BCUT2D eigenvalue weighted by atomic mass is 10.1. The largest absolute Gasteiger partial charge is 0.298 e. The van der Waals surface area contributed by atoms with E-state index in [0.717, 1.165) is 17.3 Å². The second-order valence-corrected chi connectivity index (χ2v) is 4.67. The summed E-state index contributed by atoms with van der Waals surface area (Å²) in [6, 6.07) is 23.3. The summed E-state index contributed by atoms with van der Waals surface area (Å²) in [6.07, 6.45) is 3.52. The van der Waals surface area contributed by atoms with E-state index in [2.05, 4.69) is 46.1 Å². The van der Waals surface area contributed by atoms with Gasteiger partial charge in [-0.05, 0) is 30.7 Å². The molecule has 21 heavy (non-hydrogen) atoms. The van der Waals surface area contributed by atoms with Gasteiger partial charge in [0, 0.05) is 18.1 Å². The fraction of sp³-hybridized carbons (Fsp3) is 0.0556. The van der Waals surface area contributed by atoms with Crippen molar-refractivity contribution in [3.05, 3.63) is 90.7 Å². The van der Waals surface area contributed by atoms with Crippen molar-refractivity contribution in [1.82, 2.24) is 9.97 Å². The quantitative estimate of drug-likeness (QED) is 0.713. The number of hydrogen-bond donors (Lipinski definition) is 0. The van der Waals surface area contributed by atoms with Gasteiger partial charge in [0.15, 0.2) is 0 Å². The van der Waals surface area contributed by atoms with E-state index in [4.69, 9.17) is 0 Å². The van der Waals surface area contributed by atoms with Gasteiger partial charge in [0.2, 0.25) is 5.95 Å². The predicted octanol–water partition coefficient (Wildman–Crippen LogP) is 4.21. The molecule has 0 atom stereocenters. The second-order valence-electron chi connectivity index (χ2n) is 4.67. The monoisotopic (exact) mass is 274 g/mol. The summed E-state index contributed by atoms with van der Waals surface area (Å²) in [7, 11) is 0. The smallest absolute Gasteiger partial charge is 0.230 e. The minimum absolute atomic E-state index is 0.671. The molecule has 0 bridgehead atoms. The van der Waals surface area contributed by atoms with Crippen LogP contribution in [0.25, 0.3) is 0 Å². The first-order valence-corrected chi connectivity index (χ1v) is 6.87. The highest BCUT2D eigenvalue weighted by molar-refractivity contribution is 5.64. The Labute approximate surface area is 124 Å². The number of para-hydroxylation sites is 1. The van der Waals surface area contributed by atoms with Crippen LogP contribution in [0.15, 0.2) is 79.1 Å². The molecule has 103 valence electrons. The van der Waals surface area contributed by atoms with Crippen molar-refractivity contribution in [3.63, 3.8) is 0 Å². The molecule has 0 saturated heterocycles. The first-order chi connectivity index (χ1) is 10.4. The summed E-state index contributed by atoms with van der Waals surface area (Å²) in [5.74, 6) is 0.671. The maximum absolute atomic E-state index is 4.40. The molecule has 0 saturated carbocycles. The van der Waals surface area contributed by atoms with E-state index < -0.39 is 0 Å². The number of anilines is 2. The molecule has 0 aliphatic carbocycles. The van der Waals surface area contributed by atoms with E-state index in [0.29, 0.717) is 5.95 Å². The first kappa shape index (κ1) is 13.3. The third-order valence-electron chi connectivity index (χ3n) is 3.29. The summed E-state index contributed by atoms with van der Waals surface area (Å²) in [6.45, 7) is 2.08.